The molecule has 1 amide bonds. The summed E-state index contributed by atoms with van der Waals surface area (Å²) in [5.74, 6) is 0.846. The maximum absolute atomic E-state index is 12.1. The predicted octanol–water partition coefficient (Wildman–Crippen LogP) is 4.54. The molecule has 3 aromatic carbocycles. The zero-order valence-electron chi connectivity index (χ0n) is 18.0. The Morgan fingerprint density at radius 3 is 2.42 bits per heavy atom. The highest BCUT2D eigenvalue weighted by molar-refractivity contribution is 5.84. The van der Waals surface area contributed by atoms with E-state index in [9.17, 15) is 4.79 Å². The Morgan fingerprint density at radius 1 is 0.968 bits per heavy atom. The van der Waals surface area contributed by atoms with Crippen molar-refractivity contribution in [1.29, 1.82) is 0 Å². The summed E-state index contributed by atoms with van der Waals surface area (Å²) in [5.41, 5.74) is 5.78. The molecule has 5 heteroatoms. The highest BCUT2D eigenvalue weighted by atomic mass is 16.5. The number of methoxy groups -OCH3 is 1. The molecule has 158 valence electrons. The van der Waals surface area contributed by atoms with Crippen molar-refractivity contribution in [1.82, 2.24) is 15.1 Å². The Balaban J connectivity index is 1.24. The average Bonchev–Trinajstić information content (AvgIpc) is 3.18. The van der Waals surface area contributed by atoms with Crippen molar-refractivity contribution in [3.8, 4) is 16.9 Å². The van der Waals surface area contributed by atoms with Gasteiger partial charge in [0.1, 0.15) is 5.75 Å². The number of hydrogen-bond acceptors (Lipinski definition) is 3. The maximum Gasteiger partial charge on any atom is 0.224 e. The molecule has 1 heterocycles. The van der Waals surface area contributed by atoms with Crippen molar-refractivity contribution in [2.75, 3.05) is 13.7 Å². The molecule has 0 aliphatic carbocycles. The van der Waals surface area contributed by atoms with Crippen LogP contribution in [0.15, 0.2) is 72.9 Å². The monoisotopic (exact) mass is 413 g/mol. The molecule has 5 nitrogen and oxygen atoms in total. The van der Waals surface area contributed by atoms with Crippen LogP contribution in [0, 0.1) is 0 Å². The minimum Gasteiger partial charge on any atom is -0.497 e. The van der Waals surface area contributed by atoms with E-state index < -0.39 is 0 Å². The van der Waals surface area contributed by atoms with Gasteiger partial charge in [-0.05, 0) is 59.4 Å². The first kappa shape index (κ1) is 20.7. The lowest BCUT2D eigenvalue weighted by molar-refractivity contribution is -0.120. The lowest BCUT2D eigenvalue weighted by atomic mass is 10.0. The van der Waals surface area contributed by atoms with Crippen molar-refractivity contribution in [2.45, 2.75) is 19.3 Å². The number of carbonyl (C=O) groups is 1. The molecule has 0 saturated carbocycles. The van der Waals surface area contributed by atoms with E-state index >= 15 is 0 Å². The third-order valence-electron chi connectivity index (χ3n) is 5.52. The summed E-state index contributed by atoms with van der Waals surface area (Å²) in [6, 6.07) is 22.7. The number of carbonyl (C=O) groups excluding carboxylic acids is 1. The van der Waals surface area contributed by atoms with Crippen LogP contribution in [-0.4, -0.2) is 29.3 Å². The lowest BCUT2D eigenvalue weighted by Crippen LogP contribution is -2.26. The van der Waals surface area contributed by atoms with Crippen LogP contribution >= 0.6 is 0 Å². The van der Waals surface area contributed by atoms with Gasteiger partial charge in [-0.3, -0.25) is 9.48 Å². The summed E-state index contributed by atoms with van der Waals surface area (Å²) in [4.78, 5) is 12.1. The van der Waals surface area contributed by atoms with Crippen molar-refractivity contribution in [2.24, 2.45) is 7.05 Å². The van der Waals surface area contributed by atoms with E-state index in [-0.39, 0.29) is 5.91 Å². The number of ether oxygens (including phenoxy) is 1. The van der Waals surface area contributed by atoms with Gasteiger partial charge >= 0.3 is 0 Å². The number of nitrogens with one attached hydrogen (secondary N) is 1. The molecule has 0 bridgehead atoms. The third kappa shape index (κ3) is 5.12. The molecule has 1 aromatic heterocycles. The van der Waals surface area contributed by atoms with Gasteiger partial charge in [-0.15, -0.1) is 0 Å². The number of benzene rings is 3. The Morgan fingerprint density at radius 2 is 1.68 bits per heavy atom. The van der Waals surface area contributed by atoms with Crippen LogP contribution in [0.1, 0.15) is 17.5 Å². The number of aromatic nitrogens is 2. The molecule has 31 heavy (non-hydrogen) atoms. The van der Waals surface area contributed by atoms with E-state index in [1.54, 1.807) is 7.11 Å². The lowest BCUT2D eigenvalue weighted by Gasteiger charge is -2.07. The van der Waals surface area contributed by atoms with Crippen LogP contribution in [0.4, 0.5) is 0 Å². The Labute approximate surface area is 182 Å². The second-order valence-corrected chi connectivity index (χ2v) is 7.72. The highest BCUT2D eigenvalue weighted by Crippen LogP contribution is 2.24. The number of nitrogens with zero attached hydrogens (tertiary/aromatic N) is 2. The van der Waals surface area contributed by atoms with Gasteiger partial charge in [-0.25, -0.2) is 0 Å². The molecule has 0 unspecified atom stereocenters. The van der Waals surface area contributed by atoms with Gasteiger partial charge in [0.2, 0.25) is 5.91 Å². The molecule has 0 aliphatic rings. The number of amides is 1. The largest absolute Gasteiger partial charge is 0.497 e. The van der Waals surface area contributed by atoms with Gasteiger partial charge in [0.05, 0.1) is 25.2 Å². The van der Waals surface area contributed by atoms with E-state index in [1.165, 1.54) is 16.7 Å². The van der Waals surface area contributed by atoms with E-state index in [0.717, 1.165) is 35.1 Å². The van der Waals surface area contributed by atoms with Gasteiger partial charge < -0.3 is 10.1 Å². The fraction of sp³-hybridized carbons (Fsp3) is 0.231. The third-order valence-corrected chi connectivity index (χ3v) is 5.52. The van der Waals surface area contributed by atoms with Crippen LogP contribution in [0.5, 0.6) is 5.75 Å². The first-order chi connectivity index (χ1) is 15.1. The smallest absolute Gasteiger partial charge is 0.224 e. The minimum atomic E-state index is 0.0475. The van der Waals surface area contributed by atoms with Crippen LogP contribution < -0.4 is 10.1 Å². The Kier molecular flexibility index (Phi) is 6.32. The zero-order chi connectivity index (χ0) is 21.6. The summed E-state index contributed by atoms with van der Waals surface area (Å²) in [5, 5.41) is 8.47. The van der Waals surface area contributed by atoms with Crippen LogP contribution in [-0.2, 0) is 24.7 Å². The normalized spacial score (nSPS) is 10.9. The minimum absolute atomic E-state index is 0.0475. The molecular formula is C26H27N3O2. The molecule has 1 N–H and O–H groups in total. The highest BCUT2D eigenvalue weighted by Gasteiger charge is 2.05. The molecule has 0 fully saturated rings. The van der Waals surface area contributed by atoms with Crippen molar-refractivity contribution in [3.05, 3.63) is 84.1 Å². The number of aryl methyl sites for hydroxylation is 2. The molecule has 0 atom stereocenters. The van der Waals surface area contributed by atoms with Crippen LogP contribution in [0.25, 0.3) is 22.0 Å². The quantitative estimate of drug-likeness (QED) is 0.432. The summed E-state index contributed by atoms with van der Waals surface area (Å²) in [7, 11) is 3.59. The molecule has 0 spiro atoms. The Bertz CT molecular complexity index is 1160. The topological polar surface area (TPSA) is 56.1 Å². The van der Waals surface area contributed by atoms with Crippen LogP contribution in [0.2, 0.25) is 0 Å². The van der Waals surface area contributed by atoms with Gasteiger partial charge in [0.15, 0.2) is 0 Å². The SMILES string of the molecule is COc1ccc(CC(=O)NCCCc2ccc(-c3ccc4c(cnn4C)c3)cc2)cc1. The van der Waals surface area contributed by atoms with Crippen molar-refractivity contribution in [3.63, 3.8) is 0 Å². The molecule has 0 saturated heterocycles. The first-order valence-corrected chi connectivity index (χ1v) is 10.5. The fourth-order valence-corrected chi connectivity index (χ4v) is 3.72. The van der Waals surface area contributed by atoms with Gasteiger partial charge in [-0.2, -0.15) is 5.10 Å². The fourth-order valence-electron chi connectivity index (χ4n) is 3.72. The number of rotatable bonds is 8. The van der Waals surface area contributed by atoms with Gasteiger partial charge in [0, 0.05) is 19.0 Å². The standard InChI is InChI=1S/C26H27N3O2/c1-29-25-14-11-22(17-23(25)18-28-29)21-9-5-19(6-10-21)4-3-15-27-26(30)16-20-7-12-24(31-2)13-8-20/h5-14,17-18H,3-4,15-16H2,1-2H3,(H,27,30). The summed E-state index contributed by atoms with van der Waals surface area (Å²) < 4.78 is 7.03. The van der Waals surface area contributed by atoms with Gasteiger partial charge in [-0.1, -0.05) is 42.5 Å². The van der Waals surface area contributed by atoms with Crippen LogP contribution in [0.3, 0.4) is 0 Å². The molecule has 4 aromatic rings. The van der Waals surface area contributed by atoms with E-state index in [0.29, 0.717) is 13.0 Å². The molecule has 0 aliphatic heterocycles. The van der Waals surface area contributed by atoms with Gasteiger partial charge in [0.25, 0.3) is 0 Å². The maximum atomic E-state index is 12.1. The zero-order valence-corrected chi connectivity index (χ0v) is 18.0. The average molecular weight is 414 g/mol. The summed E-state index contributed by atoms with van der Waals surface area (Å²) in [6.45, 7) is 0.675. The van der Waals surface area contributed by atoms with Crippen molar-refractivity contribution >= 4 is 16.8 Å². The second-order valence-electron chi connectivity index (χ2n) is 7.72. The number of hydrogen-bond donors (Lipinski definition) is 1. The van der Waals surface area contributed by atoms with E-state index in [4.69, 9.17) is 4.74 Å². The summed E-state index contributed by atoms with van der Waals surface area (Å²) >= 11 is 0. The second kappa shape index (κ2) is 9.47. The molecule has 0 radical (unpaired) electrons. The van der Waals surface area contributed by atoms with E-state index in [1.807, 2.05) is 42.2 Å². The number of fused-ring (bicyclic) bond motifs is 1. The summed E-state index contributed by atoms with van der Waals surface area (Å²) in [6.07, 6.45) is 4.14. The van der Waals surface area contributed by atoms with Crippen molar-refractivity contribution < 1.29 is 9.53 Å². The molecule has 4 rings (SSSR count). The Hall–Kier alpha value is -3.60. The van der Waals surface area contributed by atoms with E-state index in [2.05, 4.69) is 52.9 Å². The predicted molar refractivity (Wildman–Crippen MR) is 124 cm³/mol. The molecular weight excluding hydrogens is 386 g/mol. The first-order valence-electron chi connectivity index (χ1n) is 10.5.